The fourth-order valence-electron chi connectivity index (χ4n) is 1.69. The Kier molecular flexibility index (Phi) is 4.99. The van der Waals surface area contributed by atoms with Gasteiger partial charge in [-0.15, -0.1) is 11.3 Å². The topological polar surface area (TPSA) is 89.9 Å². The van der Waals surface area contributed by atoms with Crippen molar-refractivity contribution in [2.24, 2.45) is 10.2 Å². The number of thiazole rings is 1. The molecular formula is C14H16N4O2S. The van der Waals surface area contributed by atoms with Gasteiger partial charge >= 0.3 is 5.97 Å². The zero-order valence-corrected chi connectivity index (χ0v) is 12.6. The van der Waals surface area contributed by atoms with Gasteiger partial charge in [-0.25, -0.2) is 9.78 Å². The Labute approximate surface area is 126 Å². The summed E-state index contributed by atoms with van der Waals surface area (Å²) in [7, 11) is 0. The van der Waals surface area contributed by atoms with Gasteiger partial charge in [-0.1, -0.05) is 12.1 Å². The third-order valence-corrected chi connectivity index (χ3v) is 3.31. The second-order valence-corrected chi connectivity index (χ2v) is 5.21. The van der Waals surface area contributed by atoms with E-state index in [9.17, 15) is 4.79 Å². The largest absolute Gasteiger partial charge is 0.464 e. The number of azo groups is 1. The molecule has 2 aromatic rings. The number of anilines is 1. The summed E-state index contributed by atoms with van der Waals surface area (Å²) in [6, 6.07) is 6.64. The monoisotopic (exact) mass is 304 g/mol. The van der Waals surface area contributed by atoms with Crippen LogP contribution in [0.4, 0.5) is 10.8 Å². The molecule has 6 nitrogen and oxygen atoms in total. The van der Waals surface area contributed by atoms with Crippen molar-refractivity contribution < 1.29 is 9.53 Å². The number of nitrogen functional groups attached to an aromatic ring is 1. The second kappa shape index (κ2) is 6.94. The first-order chi connectivity index (χ1) is 10.1. The quantitative estimate of drug-likeness (QED) is 0.677. The average molecular weight is 304 g/mol. The van der Waals surface area contributed by atoms with E-state index in [1.807, 2.05) is 31.2 Å². The number of hydrogen-bond donors (Lipinski definition) is 1. The molecule has 2 N–H and O–H groups in total. The maximum atomic E-state index is 12.0. The van der Waals surface area contributed by atoms with Gasteiger partial charge in [-0.2, -0.15) is 10.2 Å². The summed E-state index contributed by atoms with van der Waals surface area (Å²) >= 11 is 1.25. The Balaban J connectivity index is 2.25. The summed E-state index contributed by atoms with van der Waals surface area (Å²) in [6.45, 7) is 3.97. The zero-order valence-electron chi connectivity index (χ0n) is 11.8. The van der Waals surface area contributed by atoms with Crippen LogP contribution in [0.25, 0.3) is 0 Å². The first kappa shape index (κ1) is 15.1. The van der Waals surface area contributed by atoms with E-state index in [2.05, 4.69) is 15.2 Å². The molecule has 2 rings (SSSR count). The molecule has 0 fully saturated rings. The lowest BCUT2D eigenvalue weighted by Crippen LogP contribution is -2.14. The number of carbonyl (C=O) groups is 1. The number of nitrogens with zero attached hydrogens (tertiary/aromatic N) is 3. The standard InChI is InChI=1S/C14H16N4O2S/c1-3-20-13(19)12(11-8-21-14(15)16-11)18-17-10-6-4-5-9(2)7-10/h4-8,12H,3H2,1-2H3,(H2,15,16). The van der Waals surface area contributed by atoms with E-state index in [0.717, 1.165) is 5.56 Å². The molecule has 110 valence electrons. The molecular weight excluding hydrogens is 288 g/mol. The van der Waals surface area contributed by atoms with Crippen LogP contribution in [-0.2, 0) is 9.53 Å². The van der Waals surface area contributed by atoms with Crippen molar-refractivity contribution in [2.45, 2.75) is 19.9 Å². The number of nitrogens with two attached hydrogens (primary N) is 1. The molecule has 1 atom stereocenters. The van der Waals surface area contributed by atoms with Crippen LogP contribution in [0, 0.1) is 6.92 Å². The average Bonchev–Trinajstić information content (AvgIpc) is 2.86. The molecule has 1 unspecified atom stereocenters. The Morgan fingerprint density at radius 1 is 1.52 bits per heavy atom. The number of aromatic nitrogens is 1. The number of rotatable bonds is 5. The van der Waals surface area contributed by atoms with Crippen LogP contribution in [0.3, 0.4) is 0 Å². The van der Waals surface area contributed by atoms with E-state index in [-0.39, 0.29) is 6.61 Å². The van der Waals surface area contributed by atoms with Crippen molar-refractivity contribution in [3.63, 3.8) is 0 Å². The van der Waals surface area contributed by atoms with Gasteiger partial charge in [-0.05, 0) is 31.5 Å². The lowest BCUT2D eigenvalue weighted by Gasteiger charge is -2.07. The third-order valence-electron chi connectivity index (χ3n) is 2.62. The van der Waals surface area contributed by atoms with E-state index in [1.54, 1.807) is 12.3 Å². The minimum absolute atomic E-state index is 0.273. The number of esters is 1. The van der Waals surface area contributed by atoms with Gasteiger partial charge in [0.05, 0.1) is 18.0 Å². The predicted molar refractivity (Wildman–Crippen MR) is 81.6 cm³/mol. The normalized spacial score (nSPS) is 12.5. The molecule has 1 aromatic carbocycles. The van der Waals surface area contributed by atoms with Crippen molar-refractivity contribution in [2.75, 3.05) is 12.3 Å². The highest BCUT2D eigenvalue weighted by molar-refractivity contribution is 7.13. The van der Waals surface area contributed by atoms with E-state index in [4.69, 9.17) is 10.5 Å². The lowest BCUT2D eigenvalue weighted by atomic mass is 10.2. The molecule has 0 spiro atoms. The van der Waals surface area contributed by atoms with Gasteiger partial charge in [0.1, 0.15) is 0 Å². The molecule has 0 aliphatic heterocycles. The number of benzene rings is 1. The summed E-state index contributed by atoms with van der Waals surface area (Å²) in [6.07, 6.45) is 0. The molecule has 21 heavy (non-hydrogen) atoms. The fourth-order valence-corrected chi connectivity index (χ4v) is 2.27. The van der Waals surface area contributed by atoms with Crippen LogP contribution < -0.4 is 5.73 Å². The summed E-state index contributed by atoms with van der Waals surface area (Å²) in [5.41, 5.74) is 7.79. The first-order valence-corrected chi connectivity index (χ1v) is 7.33. The summed E-state index contributed by atoms with van der Waals surface area (Å²) in [5.74, 6) is -0.487. The lowest BCUT2D eigenvalue weighted by molar-refractivity contribution is -0.144. The first-order valence-electron chi connectivity index (χ1n) is 6.45. The van der Waals surface area contributed by atoms with E-state index >= 15 is 0 Å². The molecule has 0 radical (unpaired) electrons. The fraction of sp³-hybridized carbons (Fsp3) is 0.286. The van der Waals surface area contributed by atoms with Crippen molar-refractivity contribution >= 4 is 28.1 Å². The number of carbonyl (C=O) groups excluding carboxylic acids is 1. The van der Waals surface area contributed by atoms with Crippen molar-refractivity contribution in [1.29, 1.82) is 0 Å². The van der Waals surface area contributed by atoms with Crippen LogP contribution in [0.15, 0.2) is 39.9 Å². The van der Waals surface area contributed by atoms with Gasteiger partial charge in [0.2, 0.25) is 6.04 Å². The molecule has 0 amide bonds. The van der Waals surface area contributed by atoms with Gasteiger partial charge in [-0.3, -0.25) is 0 Å². The molecule has 0 bridgehead atoms. The van der Waals surface area contributed by atoms with E-state index in [1.165, 1.54) is 11.3 Å². The van der Waals surface area contributed by atoms with Crippen LogP contribution in [0.5, 0.6) is 0 Å². The second-order valence-electron chi connectivity index (χ2n) is 4.32. The molecule has 7 heteroatoms. The van der Waals surface area contributed by atoms with E-state index < -0.39 is 12.0 Å². The van der Waals surface area contributed by atoms with Crippen LogP contribution >= 0.6 is 11.3 Å². The minimum Gasteiger partial charge on any atom is -0.464 e. The highest BCUT2D eigenvalue weighted by Gasteiger charge is 2.24. The third kappa shape index (κ3) is 4.09. The molecule has 0 saturated heterocycles. The number of ether oxygens (including phenoxy) is 1. The maximum Gasteiger partial charge on any atom is 0.339 e. The van der Waals surface area contributed by atoms with Crippen LogP contribution in [0.2, 0.25) is 0 Å². The highest BCUT2D eigenvalue weighted by Crippen LogP contribution is 2.25. The smallest absolute Gasteiger partial charge is 0.339 e. The van der Waals surface area contributed by atoms with Gasteiger partial charge in [0.25, 0.3) is 0 Å². The van der Waals surface area contributed by atoms with Crippen molar-refractivity contribution in [3.8, 4) is 0 Å². The number of aryl methyl sites for hydroxylation is 1. The maximum absolute atomic E-state index is 12.0. The Hall–Kier alpha value is -2.28. The summed E-state index contributed by atoms with van der Waals surface area (Å²) in [4.78, 5) is 16.1. The van der Waals surface area contributed by atoms with Gasteiger partial charge in [0, 0.05) is 5.38 Å². The molecule has 0 saturated carbocycles. The molecule has 1 heterocycles. The Bertz CT molecular complexity index is 654. The zero-order chi connectivity index (χ0) is 15.2. The SMILES string of the molecule is CCOC(=O)C(N=Nc1cccc(C)c1)c1csc(N)n1. The van der Waals surface area contributed by atoms with Gasteiger partial charge in [0.15, 0.2) is 5.13 Å². The predicted octanol–water partition coefficient (Wildman–Crippen LogP) is 3.42. The van der Waals surface area contributed by atoms with E-state index in [0.29, 0.717) is 16.5 Å². The summed E-state index contributed by atoms with van der Waals surface area (Å²) in [5, 5.41) is 10.2. The molecule has 0 aliphatic rings. The Morgan fingerprint density at radius 3 is 2.95 bits per heavy atom. The van der Waals surface area contributed by atoms with Crippen LogP contribution in [0.1, 0.15) is 24.2 Å². The minimum atomic E-state index is -0.890. The van der Waals surface area contributed by atoms with Gasteiger partial charge < -0.3 is 10.5 Å². The molecule has 0 aliphatic carbocycles. The van der Waals surface area contributed by atoms with Crippen molar-refractivity contribution in [3.05, 3.63) is 40.9 Å². The van der Waals surface area contributed by atoms with Crippen LogP contribution in [-0.4, -0.2) is 17.6 Å². The summed E-state index contributed by atoms with van der Waals surface area (Å²) < 4.78 is 5.01. The van der Waals surface area contributed by atoms with Crippen molar-refractivity contribution in [1.82, 2.24) is 4.98 Å². The molecule has 1 aromatic heterocycles. The highest BCUT2D eigenvalue weighted by atomic mass is 32.1. The number of hydrogen-bond acceptors (Lipinski definition) is 7. The Morgan fingerprint density at radius 2 is 2.33 bits per heavy atom.